The van der Waals surface area contributed by atoms with Crippen molar-refractivity contribution in [3.63, 3.8) is 0 Å². The normalized spacial score (nSPS) is 33.7. The van der Waals surface area contributed by atoms with Crippen LogP contribution in [0, 0.1) is 5.41 Å². The third kappa shape index (κ3) is 1.59. The Kier molecular flexibility index (Phi) is 2.12. The van der Waals surface area contributed by atoms with Gasteiger partial charge in [0.25, 0.3) is 0 Å². The molecule has 0 amide bonds. The summed E-state index contributed by atoms with van der Waals surface area (Å²) in [6.45, 7) is 5.87. The molecule has 0 N–H and O–H groups in total. The number of nitrogens with zero attached hydrogens (tertiary/aromatic N) is 1. The van der Waals surface area contributed by atoms with E-state index in [1.54, 1.807) is 0 Å². The van der Waals surface area contributed by atoms with Gasteiger partial charge in [-0.1, -0.05) is 13.8 Å². The Balaban J connectivity index is 2.69. The molecule has 1 rings (SSSR count). The van der Waals surface area contributed by atoms with Gasteiger partial charge in [-0.2, -0.15) is 0 Å². The lowest BCUT2D eigenvalue weighted by Gasteiger charge is -2.24. The number of hydrogen-bond acceptors (Lipinski definition) is 0. The van der Waals surface area contributed by atoms with Gasteiger partial charge in [-0.05, 0) is 12.8 Å². The van der Waals surface area contributed by atoms with E-state index < -0.39 is 0 Å². The van der Waals surface area contributed by atoms with Gasteiger partial charge in [0, 0.05) is 11.8 Å². The van der Waals surface area contributed by atoms with E-state index in [9.17, 15) is 0 Å². The highest BCUT2D eigenvalue weighted by atomic mass is 15.0. The maximum atomic E-state index is 2.39. The molecule has 0 unspecified atom stereocenters. The summed E-state index contributed by atoms with van der Waals surface area (Å²) in [4.78, 5) is 0. The van der Waals surface area contributed by atoms with Crippen molar-refractivity contribution in [2.75, 3.05) is 13.6 Å². The molecule has 0 aliphatic carbocycles. The summed E-state index contributed by atoms with van der Waals surface area (Å²) in [5, 5.41) is 0. The third-order valence-electron chi connectivity index (χ3n) is 2.60. The molecule has 0 fully saturated rings. The minimum atomic E-state index is 0.493. The Labute approximate surface area is 63.8 Å². The highest BCUT2D eigenvalue weighted by molar-refractivity contribution is 5.60. The van der Waals surface area contributed by atoms with Gasteiger partial charge < -0.3 is 0 Å². The van der Waals surface area contributed by atoms with Crippen LogP contribution in [0.4, 0.5) is 0 Å². The Morgan fingerprint density at radius 2 is 2.30 bits per heavy atom. The molecule has 0 aromatic heterocycles. The summed E-state index contributed by atoms with van der Waals surface area (Å²) >= 11 is 0. The molecule has 1 aliphatic rings. The number of hydrogen-bond donors (Lipinski definition) is 0. The summed E-state index contributed by atoms with van der Waals surface area (Å²) in [6.07, 6.45) is 6.39. The molecule has 0 saturated carbocycles. The van der Waals surface area contributed by atoms with Crippen LogP contribution < -0.4 is 0 Å². The van der Waals surface area contributed by atoms with Crippen molar-refractivity contribution in [3.8, 4) is 0 Å². The molecule has 58 valence electrons. The van der Waals surface area contributed by atoms with E-state index in [2.05, 4.69) is 31.7 Å². The summed E-state index contributed by atoms with van der Waals surface area (Å²) < 4.78 is 2.33. The van der Waals surface area contributed by atoms with Gasteiger partial charge in [0.2, 0.25) is 0 Å². The Morgan fingerprint density at radius 3 is 2.70 bits per heavy atom. The maximum absolute atomic E-state index is 2.39. The van der Waals surface area contributed by atoms with Crippen LogP contribution in [0.1, 0.15) is 33.1 Å². The first kappa shape index (κ1) is 7.77. The average Bonchev–Trinajstić information content (AvgIpc) is 1.88. The first-order chi connectivity index (χ1) is 4.66. The van der Waals surface area contributed by atoms with Crippen molar-refractivity contribution in [1.82, 2.24) is 0 Å². The quantitative estimate of drug-likeness (QED) is 0.489. The Hall–Kier alpha value is -0.330. The Morgan fingerprint density at radius 1 is 1.60 bits per heavy atom. The zero-order valence-corrected chi connectivity index (χ0v) is 7.35. The average molecular weight is 140 g/mol. The first-order valence-electron chi connectivity index (χ1n) is 4.22. The van der Waals surface area contributed by atoms with E-state index in [0.717, 1.165) is 0 Å². The summed E-state index contributed by atoms with van der Waals surface area (Å²) in [5.41, 5.74) is 0.493. The van der Waals surface area contributed by atoms with Crippen LogP contribution in [0.3, 0.4) is 0 Å². The molecule has 0 saturated heterocycles. The van der Waals surface area contributed by atoms with Crippen LogP contribution in [-0.2, 0) is 0 Å². The summed E-state index contributed by atoms with van der Waals surface area (Å²) in [6, 6.07) is 0. The van der Waals surface area contributed by atoms with E-state index in [1.165, 1.54) is 25.8 Å². The van der Waals surface area contributed by atoms with E-state index in [-0.39, 0.29) is 0 Å². The van der Waals surface area contributed by atoms with Gasteiger partial charge in [0.1, 0.15) is 19.8 Å². The van der Waals surface area contributed by atoms with E-state index in [0.29, 0.717) is 5.41 Å². The molecule has 1 heterocycles. The minimum absolute atomic E-state index is 0.493. The predicted molar refractivity (Wildman–Crippen MR) is 44.7 cm³/mol. The molecule has 1 atom stereocenters. The molecule has 10 heavy (non-hydrogen) atoms. The maximum Gasteiger partial charge on any atom is 0.145 e. The molecule has 0 bridgehead atoms. The van der Waals surface area contributed by atoms with Crippen molar-refractivity contribution >= 4 is 6.21 Å². The van der Waals surface area contributed by atoms with Crippen LogP contribution in [-0.4, -0.2) is 24.4 Å². The molecule has 0 radical (unpaired) electrons. The lowest BCUT2D eigenvalue weighted by atomic mass is 9.82. The summed E-state index contributed by atoms with van der Waals surface area (Å²) in [7, 11) is 2.17. The first-order valence-corrected chi connectivity index (χ1v) is 4.22. The van der Waals surface area contributed by atoms with E-state index in [4.69, 9.17) is 0 Å². The molecule has 1 aliphatic heterocycles. The summed E-state index contributed by atoms with van der Waals surface area (Å²) in [5.74, 6) is 0. The molecule has 0 aromatic rings. The van der Waals surface area contributed by atoms with E-state index >= 15 is 0 Å². The molecular weight excluding hydrogens is 122 g/mol. The highest BCUT2D eigenvalue weighted by Gasteiger charge is 2.27. The van der Waals surface area contributed by atoms with Crippen LogP contribution in [0.15, 0.2) is 0 Å². The van der Waals surface area contributed by atoms with Gasteiger partial charge in [-0.25, -0.2) is 4.58 Å². The van der Waals surface area contributed by atoms with Crippen molar-refractivity contribution < 1.29 is 4.58 Å². The molecule has 1 heteroatoms. The molecule has 0 aromatic carbocycles. The number of rotatable bonds is 1. The lowest BCUT2D eigenvalue weighted by Crippen LogP contribution is -2.29. The zero-order valence-electron chi connectivity index (χ0n) is 7.35. The third-order valence-corrected chi connectivity index (χ3v) is 2.60. The SMILES string of the molecule is CC[C@]1(C)C=[N+](C)CCC1. The standard InChI is InChI=1S/C9H18N/c1-4-9(2)6-5-7-10(3)8-9/h8H,4-7H2,1-3H3/q+1/t9-/m0/s1. The van der Waals surface area contributed by atoms with Crippen LogP contribution in [0.2, 0.25) is 0 Å². The van der Waals surface area contributed by atoms with Gasteiger partial charge in [0.05, 0.1) is 0 Å². The van der Waals surface area contributed by atoms with Gasteiger partial charge >= 0.3 is 0 Å². The second-order valence-corrected chi connectivity index (χ2v) is 3.72. The molecule has 1 nitrogen and oxygen atoms in total. The van der Waals surface area contributed by atoms with Gasteiger partial charge in [0.15, 0.2) is 0 Å². The fourth-order valence-corrected chi connectivity index (χ4v) is 1.66. The Bertz CT molecular complexity index is 149. The van der Waals surface area contributed by atoms with Crippen LogP contribution in [0.5, 0.6) is 0 Å². The van der Waals surface area contributed by atoms with Gasteiger partial charge in [-0.15, -0.1) is 0 Å². The van der Waals surface area contributed by atoms with Crippen LogP contribution >= 0.6 is 0 Å². The minimum Gasteiger partial charge on any atom is -0.242 e. The second-order valence-electron chi connectivity index (χ2n) is 3.72. The zero-order chi connectivity index (χ0) is 7.61. The van der Waals surface area contributed by atoms with Crippen molar-refractivity contribution in [2.45, 2.75) is 33.1 Å². The lowest BCUT2D eigenvalue weighted by molar-refractivity contribution is -0.502. The van der Waals surface area contributed by atoms with Gasteiger partial charge in [-0.3, -0.25) is 0 Å². The smallest absolute Gasteiger partial charge is 0.145 e. The van der Waals surface area contributed by atoms with Crippen molar-refractivity contribution in [3.05, 3.63) is 0 Å². The fraction of sp³-hybridized carbons (Fsp3) is 0.889. The van der Waals surface area contributed by atoms with Crippen LogP contribution in [0.25, 0.3) is 0 Å². The van der Waals surface area contributed by atoms with Crippen molar-refractivity contribution in [2.24, 2.45) is 5.41 Å². The molecule has 0 spiro atoms. The van der Waals surface area contributed by atoms with Crippen molar-refractivity contribution in [1.29, 1.82) is 0 Å². The largest absolute Gasteiger partial charge is 0.242 e. The predicted octanol–water partition coefficient (Wildman–Crippen LogP) is 1.91. The second kappa shape index (κ2) is 2.73. The monoisotopic (exact) mass is 140 g/mol. The highest BCUT2D eigenvalue weighted by Crippen LogP contribution is 2.26. The van der Waals surface area contributed by atoms with E-state index in [1.807, 2.05) is 0 Å². The molecular formula is C9H18N+. The topological polar surface area (TPSA) is 3.01 Å². The fourth-order valence-electron chi connectivity index (χ4n) is 1.66.